The second kappa shape index (κ2) is 7.54. The van der Waals surface area contributed by atoms with Gasteiger partial charge in [-0.05, 0) is 38.2 Å². The molecule has 8 heteroatoms. The van der Waals surface area contributed by atoms with Crippen LogP contribution in [0.5, 0.6) is 11.5 Å². The molecule has 1 saturated heterocycles. The number of benzene rings is 2. The third kappa shape index (κ3) is 3.36. The zero-order valence-corrected chi connectivity index (χ0v) is 17.0. The fourth-order valence-corrected chi connectivity index (χ4v) is 4.61. The first-order chi connectivity index (χ1) is 13.8. The molecular formula is C21H19Cl2NO5. The van der Waals surface area contributed by atoms with Crippen LogP contribution in [0.4, 0.5) is 0 Å². The highest BCUT2D eigenvalue weighted by atomic mass is 35.5. The topological polar surface area (TPSA) is 94.1 Å². The highest BCUT2D eigenvalue weighted by molar-refractivity contribution is 6.36. The summed E-state index contributed by atoms with van der Waals surface area (Å²) in [7, 11) is 1.88. The van der Waals surface area contributed by atoms with E-state index in [9.17, 15) is 20.1 Å². The van der Waals surface area contributed by atoms with Crippen molar-refractivity contribution in [3.63, 3.8) is 0 Å². The Kier molecular flexibility index (Phi) is 5.21. The van der Waals surface area contributed by atoms with Crippen molar-refractivity contribution in [3.05, 3.63) is 56.2 Å². The third-order valence-electron chi connectivity index (χ3n) is 5.58. The molecule has 3 aromatic rings. The van der Waals surface area contributed by atoms with E-state index >= 15 is 0 Å². The van der Waals surface area contributed by atoms with Crippen LogP contribution in [0.25, 0.3) is 22.3 Å². The number of phenolic OH excluding ortho intramolecular Hbond substituents is 2. The number of halogens is 2. The summed E-state index contributed by atoms with van der Waals surface area (Å²) in [4.78, 5) is 14.8. The molecule has 6 nitrogen and oxygen atoms in total. The summed E-state index contributed by atoms with van der Waals surface area (Å²) >= 11 is 12.2. The maximum absolute atomic E-state index is 12.8. The molecule has 2 aromatic carbocycles. The first kappa shape index (κ1) is 20.0. The molecule has 29 heavy (non-hydrogen) atoms. The standard InChI is InChI=1S/C21H19Cl2NO5/c1-24-5-4-12(14(24)9-25)19-15(26)7-16(27)20-17(28)8-18(29-21(19)20)11-3-2-10(22)6-13(11)23/h2-3,6-8,12,14,25-27H,4-5,9H2,1H3. The molecule has 2 heterocycles. The van der Waals surface area contributed by atoms with Crippen molar-refractivity contribution < 1.29 is 19.7 Å². The van der Waals surface area contributed by atoms with Gasteiger partial charge in [-0.3, -0.25) is 4.79 Å². The minimum atomic E-state index is -0.460. The summed E-state index contributed by atoms with van der Waals surface area (Å²) in [6.07, 6.45) is 0.658. The van der Waals surface area contributed by atoms with Crippen molar-refractivity contribution in [1.29, 1.82) is 0 Å². The number of likely N-dealkylation sites (tertiary alicyclic amines) is 1. The SMILES string of the molecule is CN1CCC(c2c(O)cc(O)c3c(=O)cc(-c4ccc(Cl)cc4Cl)oc23)C1CO. The third-order valence-corrected chi connectivity index (χ3v) is 6.12. The van der Waals surface area contributed by atoms with E-state index in [4.69, 9.17) is 27.6 Å². The van der Waals surface area contributed by atoms with Crippen LogP contribution >= 0.6 is 23.2 Å². The number of aromatic hydroxyl groups is 2. The van der Waals surface area contributed by atoms with E-state index in [2.05, 4.69) is 0 Å². The Hall–Kier alpha value is -2.25. The largest absolute Gasteiger partial charge is 0.507 e. The van der Waals surface area contributed by atoms with Crippen molar-refractivity contribution in [2.45, 2.75) is 18.4 Å². The summed E-state index contributed by atoms with van der Waals surface area (Å²) in [6, 6.07) is 6.95. The lowest BCUT2D eigenvalue weighted by atomic mass is 9.89. The number of aliphatic hydroxyl groups excluding tert-OH is 1. The molecule has 2 unspecified atom stereocenters. The number of phenols is 2. The zero-order chi connectivity index (χ0) is 20.9. The minimum Gasteiger partial charge on any atom is -0.507 e. The Bertz CT molecular complexity index is 1160. The number of nitrogens with zero attached hydrogens (tertiary/aromatic N) is 1. The van der Waals surface area contributed by atoms with Gasteiger partial charge in [-0.1, -0.05) is 23.2 Å². The molecule has 1 fully saturated rings. The molecule has 2 atom stereocenters. The van der Waals surface area contributed by atoms with Crippen LogP contribution in [-0.2, 0) is 0 Å². The van der Waals surface area contributed by atoms with E-state index in [0.29, 0.717) is 34.1 Å². The number of aliphatic hydroxyl groups is 1. The molecule has 0 aliphatic carbocycles. The second-order valence-electron chi connectivity index (χ2n) is 7.26. The zero-order valence-electron chi connectivity index (χ0n) is 15.5. The Morgan fingerprint density at radius 1 is 1.17 bits per heavy atom. The molecule has 1 aromatic heterocycles. The lowest BCUT2D eigenvalue weighted by Gasteiger charge is -2.24. The van der Waals surface area contributed by atoms with E-state index in [0.717, 1.165) is 6.07 Å². The van der Waals surface area contributed by atoms with Crippen LogP contribution in [0.2, 0.25) is 10.0 Å². The highest BCUT2D eigenvalue weighted by Gasteiger charge is 2.36. The maximum atomic E-state index is 12.8. The van der Waals surface area contributed by atoms with Gasteiger partial charge in [-0.25, -0.2) is 0 Å². The van der Waals surface area contributed by atoms with Crippen LogP contribution < -0.4 is 5.43 Å². The van der Waals surface area contributed by atoms with Crippen molar-refractivity contribution in [2.24, 2.45) is 0 Å². The molecule has 0 radical (unpaired) electrons. The molecule has 0 saturated carbocycles. The van der Waals surface area contributed by atoms with E-state index in [1.165, 1.54) is 12.1 Å². The normalized spacial score (nSPS) is 19.9. The molecule has 0 amide bonds. The average Bonchev–Trinajstić information content (AvgIpc) is 3.01. The van der Waals surface area contributed by atoms with E-state index in [1.807, 2.05) is 11.9 Å². The Balaban J connectivity index is 2.01. The van der Waals surface area contributed by atoms with Crippen LogP contribution in [0.15, 0.2) is 39.5 Å². The van der Waals surface area contributed by atoms with Gasteiger partial charge in [0.1, 0.15) is 28.2 Å². The van der Waals surface area contributed by atoms with Gasteiger partial charge >= 0.3 is 0 Å². The summed E-state index contributed by atoms with van der Waals surface area (Å²) < 4.78 is 6.03. The van der Waals surface area contributed by atoms with Gasteiger partial charge in [0.15, 0.2) is 5.43 Å². The van der Waals surface area contributed by atoms with Crippen LogP contribution in [-0.4, -0.2) is 46.5 Å². The van der Waals surface area contributed by atoms with Gasteiger partial charge in [0.05, 0.1) is 11.6 Å². The molecule has 152 valence electrons. The van der Waals surface area contributed by atoms with Crippen molar-refractivity contribution in [3.8, 4) is 22.8 Å². The Morgan fingerprint density at radius 3 is 2.62 bits per heavy atom. The smallest absolute Gasteiger partial charge is 0.197 e. The second-order valence-corrected chi connectivity index (χ2v) is 8.10. The molecular weight excluding hydrogens is 417 g/mol. The molecule has 0 spiro atoms. The van der Waals surface area contributed by atoms with E-state index in [1.54, 1.807) is 12.1 Å². The number of hydrogen-bond donors (Lipinski definition) is 3. The maximum Gasteiger partial charge on any atom is 0.197 e. The minimum absolute atomic E-state index is 0.0159. The Labute approximate surface area is 176 Å². The first-order valence-electron chi connectivity index (χ1n) is 9.11. The quantitative estimate of drug-likeness (QED) is 0.576. The van der Waals surface area contributed by atoms with E-state index < -0.39 is 5.43 Å². The average molecular weight is 436 g/mol. The Morgan fingerprint density at radius 2 is 1.93 bits per heavy atom. The molecule has 1 aliphatic rings. The van der Waals surface area contributed by atoms with Gasteiger partial charge < -0.3 is 24.6 Å². The molecule has 3 N–H and O–H groups in total. The molecule has 1 aliphatic heterocycles. The van der Waals surface area contributed by atoms with Crippen molar-refractivity contribution >= 4 is 34.2 Å². The molecule has 4 rings (SSSR count). The predicted octanol–water partition coefficient (Wildman–Crippen LogP) is 3.96. The summed E-state index contributed by atoms with van der Waals surface area (Å²) in [5.74, 6) is -0.624. The summed E-state index contributed by atoms with van der Waals surface area (Å²) in [5, 5.41) is 31.5. The summed E-state index contributed by atoms with van der Waals surface area (Å²) in [5.41, 5.74) is 0.490. The lowest BCUT2D eigenvalue weighted by Crippen LogP contribution is -2.32. The fourth-order valence-electron chi connectivity index (χ4n) is 4.11. The first-order valence-corrected chi connectivity index (χ1v) is 9.86. The highest BCUT2D eigenvalue weighted by Crippen LogP contribution is 2.44. The number of likely N-dealkylation sites (N-methyl/N-ethyl adjacent to an activating group) is 1. The van der Waals surface area contributed by atoms with Crippen molar-refractivity contribution in [2.75, 3.05) is 20.2 Å². The van der Waals surface area contributed by atoms with Gasteiger partial charge in [-0.15, -0.1) is 0 Å². The van der Waals surface area contributed by atoms with Crippen LogP contribution in [0.1, 0.15) is 17.9 Å². The monoisotopic (exact) mass is 435 g/mol. The lowest BCUT2D eigenvalue weighted by molar-refractivity contribution is 0.172. The van der Waals surface area contributed by atoms with Crippen LogP contribution in [0, 0.1) is 0 Å². The predicted molar refractivity (Wildman–Crippen MR) is 112 cm³/mol. The number of hydrogen-bond acceptors (Lipinski definition) is 6. The van der Waals surface area contributed by atoms with Crippen LogP contribution in [0.3, 0.4) is 0 Å². The van der Waals surface area contributed by atoms with Gasteiger partial charge in [-0.2, -0.15) is 0 Å². The summed E-state index contributed by atoms with van der Waals surface area (Å²) in [6.45, 7) is 0.598. The van der Waals surface area contributed by atoms with Gasteiger partial charge in [0, 0.05) is 40.2 Å². The molecule has 0 bridgehead atoms. The number of fused-ring (bicyclic) bond motifs is 1. The van der Waals surface area contributed by atoms with Gasteiger partial charge in [0.25, 0.3) is 0 Å². The van der Waals surface area contributed by atoms with E-state index in [-0.39, 0.29) is 46.8 Å². The fraction of sp³-hybridized carbons (Fsp3) is 0.286. The van der Waals surface area contributed by atoms with Gasteiger partial charge in [0.2, 0.25) is 0 Å². The number of rotatable bonds is 3. The van der Waals surface area contributed by atoms with Crippen molar-refractivity contribution in [1.82, 2.24) is 4.90 Å².